The molecule has 0 atom stereocenters. The second kappa shape index (κ2) is 3.31. The van der Waals surface area contributed by atoms with Crippen LogP contribution in [0.1, 0.15) is 5.56 Å². The van der Waals surface area contributed by atoms with Crippen molar-refractivity contribution in [2.45, 2.75) is 0 Å². The van der Waals surface area contributed by atoms with Crippen molar-refractivity contribution in [1.82, 2.24) is 4.98 Å². The van der Waals surface area contributed by atoms with Gasteiger partial charge in [0.05, 0.1) is 22.4 Å². The lowest BCUT2D eigenvalue weighted by Crippen LogP contribution is -1.92. The predicted octanol–water partition coefficient (Wildman–Crippen LogP) is 3.11. The van der Waals surface area contributed by atoms with E-state index in [0.717, 1.165) is 16.5 Å². The summed E-state index contributed by atoms with van der Waals surface area (Å²) in [6.45, 7) is 3.72. The van der Waals surface area contributed by atoms with Crippen molar-refractivity contribution in [3.63, 3.8) is 0 Å². The van der Waals surface area contributed by atoms with Crippen LogP contribution in [0.2, 0.25) is 5.02 Å². The van der Waals surface area contributed by atoms with E-state index in [9.17, 15) is 0 Å². The molecule has 3 heteroatoms. The maximum atomic E-state index is 6.00. The summed E-state index contributed by atoms with van der Waals surface area (Å²) in [5, 5.41) is 1.57. The van der Waals surface area contributed by atoms with Crippen LogP contribution >= 0.6 is 11.6 Å². The Morgan fingerprint density at radius 3 is 2.93 bits per heavy atom. The van der Waals surface area contributed by atoms with Gasteiger partial charge in [0.1, 0.15) is 0 Å². The molecule has 0 saturated carbocycles. The highest BCUT2D eigenvalue weighted by Gasteiger charge is 2.05. The van der Waals surface area contributed by atoms with E-state index in [0.29, 0.717) is 10.7 Å². The Balaban J connectivity index is 2.95. The minimum atomic E-state index is 0.620. The number of para-hydroxylation sites is 1. The average Bonchev–Trinajstić information content (AvgIpc) is 2.18. The lowest BCUT2D eigenvalue weighted by Gasteiger charge is -2.05. The predicted molar refractivity (Wildman–Crippen MR) is 61.3 cm³/mol. The van der Waals surface area contributed by atoms with Gasteiger partial charge in [-0.2, -0.15) is 0 Å². The average molecular weight is 205 g/mol. The summed E-state index contributed by atoms with van der Waals surface area (Å²) in [7, 11) is 0. The van der Waals surface area contributed by atoms with Gasteiger partial charge in [-0.1, -0.05) is 36.4 Å². The zero-order valence-electron chi connectivity index (χ0n) is 7.50. The molecule has 2 aromatic rings. The number of hydrogen-bond acceptors (Lipinski definition) is 2. The quantitative estimate of drug-likeness (QED) is 0.775. The Kier molecular flexibility index (Phi) is 2.14. The molecule has 2 rings (SSSR count). The number of aromatic nitrogens is 1. The van der Waals surface area contributed by atoms with Gasteiger partial charge in [0.25, 0.3) is 0 Å². The molecule has 14 heavy (non-hydrogen) atoms. The Morgan fingerprint density at radius 1 is 1.43 bits per heavy atom. The van der Waals surface area contributed by atoms with E-state index in [-0.39, 0.29) is 0 Å². The normalized spacial score (nSPS) is 10.4. The number of halogens is 1. The summed E-state index contributed by atoms with van der Waals surface area (Å²) in [5.74, 6) is 0. The van der Waals surface area contributed by atoms with Crippen molar-refractivity contribution in [2.24, 2.45) is 0 Å². The van der Waals surface area contributed by atoms with E-state index in [1.807, 2.05) is 12.1 Å². The van der Waals surface area contributed by atoms with Gasteiger partial charge in [-0.05, 0) is 6.07 Å². The van der Waals surface area contributed by atoms with Crippen LogP contribution in [-0.4, -0.2) is 4.98 Å². The molecule has 1 aromatic heterocycles. The monoisotopic (exact) mass is 204 g/mol. The third-order valence-electron chi connectivity index (χ3n) is 2.12. The molecule has 0 radical (unpaired) electrons. The number of pyridine rings is 1. The Morgan fingerprint density at radius 2 is 2.21 bits per heavy atom. The van der Waals surface area contributed by atoms with Crippen LogP contribution in [0.5, 0.6) is 0 Å². The number of benzene rings is 1. The van der Waals surface area contributed by atoms with Crippen molar-refractivity contribution in [2.75, 3.05) is 5.73 Å². The lowest BCUT2D eigenvalue weighted by molar-refractivity contribution is 1.41. The van der Waals surface area contributed by atoms with Gasteiger partial charge < -0.3 is 5.73 Å². The molecule has 1 heterocycles. The van der Waals surface area contributed by atoms with Crippen LogP contribution in [0.4, 0.5) is 5.69 Å². The van der Waals surface area contributed by atoms with Crippen LogP contribution in [0, 0.1) is 0 Å². The summed E-state index contributed by atoms with van der Waals surface area (Å²) in [6.07, 6.45) is 3.32. The summed E-state index contributed by atoms with van der Waals surface area (Å²) in [4.78, 5) is 4.18. The fourth-order valence-electron chi connectivity index (χ4n) is 1.45. The molecule has 0 fully saturated rings. The number of nitrogens with two attached hydrogens (primary N) is 1. The smallest absolute Gasteiger partial charge is 0.0895 e. The Bertz CT molecular complexity index is 506. The molecule has 1 aromatic carbocycles. The zero-order valence-corrected chi connectivity index (χ0v) is 8.25. The van der Waals surface area contributed by atoms with Crippen molar-refractivity contribution in [3.05, 3.63) is 41.6 Å². The molecule has 0 unspecified atom stereocenters. The van der Waals surface area contributed by atoms with Crippen molar-refractivity contribution in [3.8, 4) is 0 Å². The summed E-state index contributed by atoms with van der Waals surface area (Å²) < 4.78 is 0. The molecule has 70 valence electrons. The molecule has 0 bridgehead atoms. The second-order valence-corrected chi connectivity index (χ2v) is 3.37. The summed E-state index contributed by atoms with van der Waals surface area (Å²) in [5.41, 5.74) is 8.04. The molecule has 0 spiro atoms. The molecule has 2 nitrogen and oxygen atoms in total. The molecule has 0 aliphatic heterocycles. The van der Waals surface area contributed by atoms with Gasteiger partial charge in [-0.15, -0.1) is 0 Å². The third-order valence-corrected chi connectivity index (χ3v) is 2.43. The maximum Gasteiger partial charge on any atom is 0.0895 e. The zero-order chi connectivity index (χ0) is 10.1. The first-order valence-corrected chi connectivity index (χ1v) is 4.57. The Labute approximate surface area is 87.0 Å². The van der Waals surface area contributed by atoms with E-state index in [1.165, 1.54) is 0 Å². The first-order valence-electron chi connectivity index (χ1n) is 4.19. The maximum absolute atomic E-state index is 6.00. The van der Waals surface area contributed by atoms with E-state index in [2.05, 4.69) is 11.6 Å². The SMILES string of the molecule is C=Cc1c(N)cnc2c(Cl)cccc12. The van der Waals surface area contributed by atoms with Crippen molar-refractivity contribution < 1.29 is 0 Å². The van der Waals surface area contributed by atoms with Crippen LogP contribution in [-0.2, 0) is 0 Å². The first kappa shape index (κ1) is 9.03. The van der Waals surface area contributed by atoms with Gasteiger partial charge in [-0.3, -0.25) is 4.98 Å². The molecular weight excluding hydrogens is 196 g/mol. The van der Waals surface area contributed by atoms with Crippen molar-refractivity contribution >= 4 is 34.3 Å². The third kappa shape index (κ3) is 1.24. The van der Waals surface area contributed by atoms with Crippen LogP contribution < -0.4 is 5.73 Å². The molecule has 0 aliphatic rings. The number of nitrogens with zero attached hydrogens (tertiary/aromatic N) is 1. The standard InChI is InChI=1S/C11H9ClN2/c1-2-7-8-4-3-5-9(12)11(8)14-6-10(7)13/h2-6H,1,13H2. The molecule has 2 N–H and O–H groups in total. The molecule has 0 aliphatic carbocycles. The van der Waals surface area contributed by atoms with E-state index >= 15 is 0 Å². The number of nitrogen functional groups attached to an aromatic ring is 1. The fraction of sp³-hybridized carbons (Fsp3) is 0. The van der Waals surface area contributed by atoms with Gasteiger partial charge in [0.15, 0.2) is 0 Å². The summed E-state index contributed by atoms with van der Waals surface area (Å²) in [6, 6.07) is 5.61. The van der Waals surface area contributed by atoms with E-state index in [4.69, 9.17) is 17.3 Å². The van der Waals surface area contributed by atoms with Gasteiger partial charge in [0.2, 0.25) is 0 Å². The lowest BCUT2D eigenvalue weighted by atomic mass is 10.1. The van der Waals surface area contributed by atoms with Crippen LogP contribution in [0.25, 0.3) is 17.0 Å². The van der Waals surface area contributed by atoms with E-state index < -0.39 is 0 Å². The van der Waals surface area contributed by atoms with E-state index in [1.54, 1.807) is 18.3 Å². The molecule has 0 saturated heterocycles. The van der Waals surface area contributed by atoms with Crippen molar-refractivity contribution in [1.29, 1.82) is 0 Å². The number of fused-ring (bicyclic) bond motifs is 1. The topological polar surface area (TPSA) is 38.9 Å². The first-order chi connectivity index (χ1) is 6.74. The highest BCUT2D eigenvalue weighted by molar-refractivity contribution is 6.35. The van der Waals surface area contributed by atoms with Gasteiger partial charge in [0, 0.05) is 10.9 Å². The van der Waals surface area contributed by atoms with Crippen LogP contribution in [0.15, 0.2) is 31.0 Å². The molecule has 0 amide bonds. The van der Waals surface area contributed by atoms with Gasteiger partial charge in [-0.25, -0.2) is 0 Å². The number of hydrogen-bond donors (Lipinski definition) is 1. The minimum absolute atomic E-state index is 0.620. The number of anilines is 1. The fourth-order valence-corrected chi connectivity index (χ4v) is 1.67. The minimum Gasteiger partial charge on any atom is -0.397 e. The number of rotatable bonds is 1. The second-order valence-electron chi connectivity index (χ2n) is 2.97. The molecular formula is C11H9ClN2. The summed E-state index contributed by atoms with van der Waals surface area (Å²) >= 11 is 6.00. The van der Waals surface area contributed by atoms with Gasteiger partial charge >= 0.3 is 0 Å². The highest BCUT2D eigenvalue weighted by Crippen LogP contribution is 2.27. The largest absolute Gasteiger partial charge is 0.397 e. The highest BCUT2D eigenvalue weighted by atomic mass is 35.5. The van der Waals surface area contributed by atoms with Crippen LogP contribution in [0.3, 0.4) is 0 Å². The Hall–Kier alpha value is -1.54.